The first kappa shape index (κ1) is 16.9. The summed E-state index contributed by atoms with van der Waals surface area (Å²) in [5.74, 6) is -0.677. The number of likely N-dealkylation sites (tertiary alicyclic amines) is 1. The van der Waals surface area contributed by atoms with E-state index in [0.717, 1.165) is 44.3 Å². The van der Waals surface area contributed by atoms with Crippen molar-refractivity contribution in [3.8, 4) is 6.07 Å². The molecule has 2 aliphatic rings. The minimum Gasteiger partial charge on any atom is -0.383 e. The predicted octanol–water partition coefficient (Wildman–Crippen LogP) is 1.55. The lowest BCUT2D eigenvalue weighted by atomic mass is 9.90. The van der Waals surface area contributed by atoms with E-state index in [9.17, 15) is 14.3 Å². The van der Waals surface area contributed by atoms with Crippen molar-refractivity contribution >= 4 is 5.91 Å². The van der Waals surface area contributed by atoms with Gasteiger partial charge in [0, 0.05) is 12.6 Å². The molecule has 1 aromatic rings. The summed E-state index contributed by atoms with van der Waals surface area (Å²) in [6, 6.07) is 6.57. The topological polar surface area (TPSA) is 76.4 Å². The zero-order valence-corrected chi connectivity index (χ0v) is 13.5. The number of aliphatic hydroxyl groups is 1. The van der Waals surface area contributed by atoms with Crippen molar-refractivity contribution in [1.82, 2.24) is 10.2 Å². The fraction of sp³-hybridized carbons (Fsp3) is 0.556. The van der Waals surface area contributed by atoms with Crippen LogP contribution in [0.5, 0.6) is 0 Å². The van der Waals surface area contributed by atoms with Crippen molar-refractivity contribution in [3.05, 3.63) is 35.1 Å². The highest BCUT2D eigenvalue weighted by atomic mass is 19.1. The maximum atomic E-state index is 13.2. The lowest BCUT2D eigenvalue weighted by Crippen LogP contribution is -2.45. The molecule has 0 bridgehead atoms. The van der Waals surface area contributed by atoms with E-state index in [1.54, 1.807) is 6.07 Å². The van der Waals surface area contributed by atoms with E-state index in [0.29, 0.717) is 12.1 Å². The fourth-order valence-electron chi connectivity index (χ4n) is 3.19. The zero-order chi connectivity index (χ0) is 17.1. The predicted molar refractivity (Wildman–Crippen MR) is 86.3 cm³/mol. The van der Waals surface area contributed by atoms with Crippen molar-refractivity contribution < 1.29 is 14.3 Å². The van der Waals surface area contributed by atoms with Crippen LogP contribution in [0, 0.1) is 23.1 Å². The average molecular weight is 331 g/mol. The molecule has 24 heavy (non-hydrogen) atoms. The second-order valence-corrected chi connectivity index (χ2v) is 6.75. The van der Waals surface area contributed by atoms with E-state index in [4.69, 9.17) is 5.26 Å². The number of hydrogen-bond acceptors (Lipinski definition) is 4. The number of rotatable bonds is 5. The highest BCUT2D eigenvalue weighted by Gasteiger charge is 2.33. The van der Waals surface area contributed by atoms with Crippen LogP contribution in [-0.2, 0) is 11.3 Å². The van der Waals surface area contributed by atoms with Crippen molar-refractivity contribution in [2.75, 3.05) is 13.1 Å². The minimum atomic E-state index is -0.937. The van der Waals surface area contributed by atoms with E-state index in [2.05, 4.69) is 10.2 Å². The van der Waals surface area contributed by atoms with Crippen molar-refractivity contribution in [2.45, 2.75) is 44.4 Å². The van der Waals surface area contributed by atoms with Gasteiger partial charge < -0.3 is 10.4 Å². The second kappa shape index (κ2) is 7.29. The summed E-state index contributed by atoms with van der Waals surface area (Å²) in [7, 11) is 0. The molecule has 2 fully saturated rings. The van der Waals surface area contributed by atoms with Crippen LogP contribution < -0.4 is 5.32 Å². The molecule has 1 saturated carbocycles. The second-order valence-electron chi connectivity index (χ2n) is 6.75. The maximum Gasteiger partial charge on any atom is 0.249 e. The summed E-state index contributed by atoms with van der Waals surface area (Å²) < 4.78 is 13.2. The number of aliphatic hydroxyl groups excluding tert-OH is 1. The van der Waals surface area contributed by atoms with Crippen LogP contribution in [0.15, 0.2) is 18.2 Å². The Morgan fingerprint density at radius 3 is 2.71 bits per heavy atom. The molecular weight excluding hydrogens is 309 g/mol. The highest BCUT2D eigenvalue weighted by Crippen LogP contribution is 2.25. The van der Waals surface area contributed by atoms with Gasteiger partial charge in [0.05, 0.1) is 11.6 Å². The highest BCUT2D eigenvalue weighted by molar-refractivity contribution is 5.81. The first-order chi connectivity index (χ1) is 11.6. The minimum absolute atomic E-state index is 0.0244. The molecule has 1 aromatic carbocycles. The van der Waals surface area contributed by atoms with Crippen molar-refractivity contribution in [1.29, 1.82) is 5.26 Å². The molecule has 0 spiro atoms. The molecule has 2 N–H and O–H groups in total. The lowest BCUT2D eigenvalue weighted by Gasteiger charge is -2.33. The van der Waals surface area contributed by atoms with Gasteiger partial charge in [0.1, 0.15) is 11.9 Å². The molecule has 1 aliphatic heterocycles. The molecule has 1 amide bonds. The van der Waals surface area contributed by atoms with Gasteiger partial charge in [0.25, 0.3) is 0 Å². The Balaban J connectivity index is 1.51. The molecule has 0 unspecified atom stereocenters. The number of nitrogens with one attached hydrogen (secondary N) is 1. The molecule has 0 radical (unpaired) electrons. The first-order valence-corrected chi connectivity index (χ1v) is 8.46. The first-order valence-electron chi connectivity index (χ1n) is 8.46. The number of nitriles is 1. The molecule has 1 heterocycles. The number of amides is 1. The molecular formula is C18H22FN3O2. The Bertz CT molecular complexity index is 646. The molecule has 1 aliphatic carbocycles. The van der Waals surface area contributed by atoms with E-state index >= 15 is 0 Å². The van der Waals surface area contributed by atoms with Gasteiger partial charge in [-0.05, 0) is 62.4 Å². The third-order valence-electron chi connectivity index (χ3n) is 4.86. The molecule has 5 nitrogen and oxygen atoms in total. The van der Waals surface area contributed by atoms with Crippen molar-refractivity contribution in [2.24, 2.45) is 5.92 Å². The summed E-state index contributed by atoms with van der Waals surface area (Å²) >= 11 is 0. The monoisotopic (exact) mass is 331 g/mol. The molecule has 6 heteroatoms. The number of hydrogen-bond donors (Lipinski definition) is 2. The summed E-state index contributed by atoms with van der Waals surface area (Å²) in [4.78, 5) is 14.1. The third-order valence-corrected chi connectivity index (χ3v) is 4.86. The molecule has 1 atom stereocenters. The van der Waals surface area contributed by atoms with Crippen LogP contribution in [-0.4, -0.2) is 41.1 Å². The van der Waals surface area contributed by atoms with Gasteiger partial charge in [-0.15, -0.1) is 0 Å². The number of piperidine rings is 1. The largest absolute Gasteiger partial charge is 0.383 e. The van der Waals surface area contributed by atoms with Crippen LogP contribution in [0.1, 0.15) is 36.8 Å². The molecule has 3 rings (SSSR count). The number of benzene rings is 1. The van der Waals surface area contributed by atoms with Crippen LogP contribution in [0.3, 0.4) is 0 Å². The summed E-state index contributed by atoms with van der Waals surface area (Å²) in [5.41, 5.74) is 1.17. The van der Waals surface area contributed by atoms with Crippen LogP contribution >= 0.6 is 0 Å². The van der Waals surface area contributed by atoms with Gasteiger partial charge in [-0.25, -0.2) is 4.39 Å². The maximum absolute atomic E-state index is 13.2. The number of halogens is 1. The SMILES string of the molecule is N#Cc1cc(F)ccc1CN1CCC([C@H](O)C(=O)NC2CC2)CC1. The van der Waals surface area contributed by atoms with Gasteiger partial charge >= 0.3 is 0 Å². The van der Waals surface area contributed by atoms with Gasteiger partial charge in [0.2, 0.25) is 5.91 Å². The Hall–Kier alpha value is -1.97. The fourth-order valence-corrected chi connectivity index (χ4v) is 3.19. The zero-order valence-electron chi connectivity index (χ0n) is 13.5. The average Bonchev–Trinajstić information content (AvgIpc) is 3.40. The summed E-state index contributed by atoms with van der Waals surface area (Å²) in [6.45, 7) is 2.08. The Kier molecular flexibility index (Phi) is 5.12. The quantitative estimate of drug-likeness (QED) is 0.858. The van der Waals surface area contributed by atoms with Gasteiger partial charge in [-0.1, -0.05) is 6.07 Å². The van der Waals surface area contributed by atoms with Crippen LogP contribution in [0.4, 0.5) is 4.39 Å². The molecule has 128 valence electrons. The summed E-state index contributed by atoms with van der Waals surface area (Å²) in [5, 5.41) is 22.2. The number of carbonyl (C=O) groups excluding carboxylic acids is 1. The van der Waals surface area contributed by atoms with E-state index < -0.39 is 11.9 Å². The van der Waals surface area contributed by atoms with Gasteiger partial charge in [-0.3, -0.25) is 9.69 Å². The lowest BCUT2D eigenvalue weighted by molar-refractivity contribution is -0.133. The Morgan fingerprint density at radius 2 is 2.08 bits per heavy atom. The smallest absolute Gasteiger partial charge is 0.249 e. The standard InChI is InChI=1S/C18H22FN3O2/c19-15-2-1-13(14(9-15)10-20)11-22-7-5-12(6-8-22)17(23)18(24)21-16-3-4-16/h1-2,9,12,16-17,23H,3-8,11H2,(H,21,24)/t17-/m0/s1. The van der Waals surface area contributed by atoms with E-state index in [1.165, 1.54) is 12.1 Å². The van der Waals surface area contributed by atoms with Crippen LogP contribution in [0.25, 0.3) is 0 Å². The third kappa shape index (κ3) is 4.11. The van der Waals surface area contributed by atoms with E-state index in [-0.39, 0.29) is 17.9 Å². The van der Waals surface area contributed by atoms with Gasteiger partial charge in [0.15, 0.2) is 0 Å². The van der Waals surface area contributed by atoms with Crippen LogP contribution in [0.2, 0.25) is 0 Å². The number of carbonyl (C=O) groups is 1. The van der Waals surface area contributed by atoms with E-state index in [1.807, 2.05) is 6.07 Å². The Labute approximate surface area is 141 Å². The van der Waals surface area contributed by atoms with Crippen molar-refractivity contribution in [3.63, 3.8) is 0 Å². The normalized spacial score (nSPS) is 20.4. The molecule has 0 aromatic heterocycles. The van der Waals surface area contributed by atoms with Gasteiger partial charge in [-0.2, -0.15) is 5.26 Å². The summed E-state index contributed by atoms with van der Waals surface area (Å²) in [6.07, 6.45) is 2.56. The number of nitrogens with zero attached hydrogens (tertiary/aromatic N) is 2. The molecule has 1 saturated heterocycles. The Morgan fingerprint density at radius 1 is 1.38 bits per heavy atom.